The minimum absolute atomic E-state index is 0.339. The molecule has 0 aliphatic carbocycles. The number of hydrogen-bond donors (Lipinski definition) is 0. The number of nitrogens with zero attached hydrogens (tertiary/aromatic N) is 1. The van der Waals surface area contributed by atoms with Crippen molar-refractivity contribution in [2.45, 2.75) is 38.0 Å². The lowest BCUT2D eigenvalue weighted by Crippen LogP contribution is -2.33. The highest BCUT2D eigenvalue weighted by Crippen LogP contribution is 2.26. The van der Waals surface area contributed by atoms with Crippen LogP contribution in [0.1, 0.15) is 32.3 Å². The molecule has 6 heteroatoms. The van der Waals surface area contributed by atoms with Crippen LogP contribution in [0.4, 0.5) is 0 Å². The second kappa shape index (κ2) is 8.61. The fraction of sp³-hybridized carbons (Fsp3) is 0.600. The summed E-state index contributed by atoms with van der Waals surface area (Å²) in [4.78, 5) is 0.339. The molecule has 1 aromatic rings. The summed E-state index contributed by atoms with van der Waals surface area (Å²) in [5, 5.41) is 0. The Kier molecular flexibility index (Phi) is 7.49. The Morgan fingerprint density at radius 3 is 2.29 bits per heavy atom. The molecule has 0 saturated heterocycles. The minimum Gasteiger partial charge on any atom is -0.497 e. The number of benzene rings is 1. The van der Waals surface area contributed by atoms with Crippen molar-refractivity contribution in [3.05, 3.63) is 23.8 Å². The van der Waals surface area contributed by atoms with Gasteiger partial charge < -0.3 is 4.74 Å². The smallest absolute Gasteiger partial charge is 0.243 e. The van der Waals surface area contributed by atoms with Crippen molar-refractivity contribution < 1.29 is 13.2 Å². The quantitative estimate of drug-likeness (QED) is 0.651. The lowest BCUT2D eigenvalue weighted by Gasteiger charge is -2.22. The van der Waals surface area contributed by atoms with E-state index >= 15 is 0 Å². The molecule has 120 valence electrons. The molecule has 0 spiro atoms. The molecule has 0 aliphatic heterocycles. The molecule has 0 aliphatic rings. The zero-order valence-electron chi connectivity index (χ0n) is 12.9. The molecule has 1 aromatic carbocycles. The molecule has 1 rings (SSSR count). The average molecular weight is 334 g/mol. The van der Waals surface area contributed by atoms with E-state index in [4.69, 9.17) is 16.3 Å². The van der Waals surface area contributed by atoms with Gasteiger partial charge in [0.15, 0.2) is 0 Å². The number of halogens is 1. The highest BCUT2D eigenvalue weighted by atomic mass is 35.5. The van der Waals surface area contributed by atoms with Gasteiger partial charge in [0.25, 0.3) is 0 Å². The minimum atomic E-state index is -3.48. The van der Waals surface area contributed by atoms with Crippen LogP contribution in [0.25, 0.3) is 0 Å². The van der Waals surface area contributed by atoms with E-state index in [0.717, 1.165) is 12.8 Å². The molecule has 0 atom stereocenters. The number of rotatable bonds is 9. The number of sulfonamides is 1. The first kappa shape index (κ1) is 18.3. The predicted molar refractivity (Wildman–Crippen MR) is 86.8 cm³/mol. The highest BCUT2D eigenvalue weighted by molar-refractivity contribution is 7.89. The Morgan fingerprint density at radius 1 is 1.19 bits per heavy atom. The lowest BCUT2D eigenvalue weighted by atomic mass is 10.1. The molecular weight excluding hydrogens is 310 g/mol. The van der Waals surface area contributed by atoms with Gasteiger partial charge in [-0.3, -0.25) is 0 Å². The van der Waals surface area contributed by atoms with Gasteiger partial charge in [0.1, 0.15) is 5.75 Å². The fourth-order valence-electron chi connectivity index (χ4n) is 2.22. The Balaban J connectivity index is 3.27. The van der Waals surface area contributed by atoms with Crippen molar-refractivity contribution in [3.8, 4) is 5.75 Å². The molecule has 0 fully saturated rings. The van der Waals surface area contributed by atoms with Crippen molar-refractivity contribution in [3.63, 3.8) is 0 Å². The number of methoxy groups -OCH3 is 1. The third-order valence-corrected chi connectivity index (χ3v) is 5.38. The van der Waals surface area contributed by atoms with Crippen molar-refractivity contribution in [1.82, 2.24) is 4.31 Å². The third-order valence-electron chi connectivity index (χ3n) is 3.20. The van der Waals surface area contributed by atoms with Gasteiger partial charge in [0.05, 0.1) is 12.0 Å². The van der Waals surface area contributed by atoms with E-state index in [2.05, 4.69) is 0 Å². The fourth-order valence-corrected chi connectivity index (χ4v) is 4.28. The van der Waals surface area contributed by atoms with Gasteiger partial charge in [-0.05, 0) is 43.0 Å². The molecule has 0 amide bonds. The molecule has 0 bridgehead atoms. The Bertz CT molecular complexity index is 540. The normalized spacial score (nSPS) is 11.9. The first-order valence-electron chi connectivity index (χ1n) is 7.24. The van der Waals surface area contributed by atoms with Gasteiger partial charge in [0, 0.05) is 19.0 Å². The van der Waals surface area contributed by atoms with Crippen LogP contribution >= 0.6 is 11.6 Å². The van der Waals surface area contributed by atoms with Crippen molar-refractivity contribution in [2.24, 2.45) is 0 Å². The summed E-state index contributed by atoms with van der Waals surface area (Å²) in [5.41, 5.74) is 0.710. The van der Waals surface area contributed by atoms with Crippen LogP contribution in [0.2, 0.25) is 0 Å². The number of ether oxygens (including phenoxy) is 1. The summed E-state index contributed by atoms with van der Waals surface area (Å²) in [5.74, 6) is 1.02. The van der Waals surface area contributed by atoms with E-state index < -0.39 is 10.0 Å². The monoisotopic (exact) mass is 333 g/mol. The number of hydrogen-bond acceptors (Lipinski definition) is 3. The highest BCUT2D eigenvalue weighted by Gasteiger charge is 2.25. The first-order valence-corrected chi connectivity index (χ1v) is 9.21. The molecule has 0 radical (unpaired) electrons. The molecule has 0 unspecified atom stereocenters. The second-order valence-corrected chi connectivity index (χ2v) is 7.10. The van der Waals surface area contributed by atoms with Crippen LogP contribution in [-0.4, -0.2) is 38.8 Å². The van der Waals surface area contributed by atoms with Gasteiger partial charge in [-0.15, -0.1) is 11.6 Å². The molecule has 21 heavy (non-hydrogen) atoms. The molecule has 4 nitrogen and oxygen atoms in total. The van der Waals surface area contributed by atoms with Crippen molar-refractivity contribution >= 4 is 21.6 Å². The van der Waals surface area contributed by atoms with E-state index in [1.165, 1.54) is 0 Å². The van der Waals surface area contributed by atoms with Gasteiger partial charge in [-0.1, -0.05) is 13.8 Å². The van der Waals surface area contributed by atoms with E-state index in [9.17, 15) is 8.42 Å². The van der Waals surface area contributed by atoms with Crippen LogP contribution in [-0.2, 0) is 16.4 Å². The average Bonchev–Trinajstić information content (AvgIpc) is 2.47. The third kappa shape index (κ3) is 4.59. The summed E-state index contributed by atoms with van der Waals surface area (Å²) in [6.45, 7) is 5.02. The lowest BCUT2D eigenvalue weighted by molar-refractivity contribution is 0.407. The zero-order valence-corrected chi connectivity index (χ0v) is 14.5. The van der Waals surface area contributed by atoms with Gasteiger partial charge >= 0.3 is 0 Å². The van der Waals surface area contributed by atoms with Crippen LogP contribution in [0.15, 0.2) is 23.1 Å². The largest absolute Gasteiger partial charge is 0.497 e. The van der Waals surface area contributed by atoms with E-state index in [1.807, 2.05) is 13.8 Å². The summed E-state index contributed by atoms with van der Waals surface area (Å²) in [7, 11) is -1.92. The maximum atomic E-state index is 12.8. The maximum absolute atomic E-state index is 12.8. The summed E-state index contributed by atoms with van der Waals surface area (Å²) in [6, 6.07) is 5.06. The molecule has 0 N–H and O–H groups in total. The van der Waals surface area contributed by atoms with Gasteiger partial charge in [0.2, 0.25) is 10.0 Å². The van der Waals surface area contributed by atoms with Crippen LogP contribution in [0, 0.1) is 0 Å². The van der Waals surface area contributed by atoms with Gasteiger partial charge in [-0.25, -0.2) is 8.42 Å². The molecule has 0 saturated carbocycles. The topological polar surface area (TPSA) is 46.6 Å². The SMILES string of the molecule is CCCN(CCC)S(=O)(=O)c1ccc(OC)cc1CCCl. The predicted octanol–water partition coefficient (Wildman–Crippen LogP) is 3.29. The molecular formula is C15H24ClNO3S. The number of alkyl halides is 1. The van der Waals surface area contributed by atoms with E-state index in [1.54, 1.807) is 29.6 Å². The van der Waals surface area contributed by atoms with Crippen LogP contribution in [0.5, 0.6) is 5.75 Å². The Hall–Kier alpha value is -0.780. The van der Waals surface area contributed by atoms with Gasteiger partial charge in [-0.2, -0.15) is 4.31 Å². The van der Waals surface area contributed by atoms with Crippen LogP contribution in [0.3, 0.4) is 0 Å². The van der Waals surface area contributed by atoms with Crippen molar-refractivity contribution in [2.75, 3.05) is 26.1 Å². The zero-order chi connectivity index (χ0) is 15.9. The Morgan fingerprint density at radius 2 is 1.81 bits per heavy atom. The molecule has 0 aromatic heterocycles. The standard InChI is InChI=1S/C15H24ClNO3S/c1-4-10-17(11-5-2)21(18,19)15-7-6-14(20-3)12-13(15)8-9-16/h6-7,12H,4-5,8-11H2,1-3H3. The van der Waals surface area contributed by atoms with Crippen molar-refractivity contribution in [1.29, 1.82) is 0 Å². The first-order chi connectivity index (χ1) is 10.0. The summed E-state index contributed by atoms with van der Waals surface area (Å²) in [6.07, 6.45) is 2.08. The number of aryl methyl sites for hydroxylation is 1. The summed E-state index contributed by atoms with van der Waals surface area (Å²) >= 11 is 5.81. The maximum Gasteiger partial charge on any atom is 0.243 e. The molecule has 0 heterocycles. The Labute approximate surface area is 133 Å². The van der Waals surface area contributed by atoms with Crippen LogP contribution < -0.4 is 4.74 Å². The summed E-state index contributed by atoms with van der Waals surface area (Å²) < 4.78 is 32.4. The van der Waals surface area contributed by atoms with E-state index in [0.29, 0.717) is 41.6 Å². The second-order valence-electron chi connectivity index (χ2n) is 4.82. The van der Waals surface area contributed by atoms with E-state index in [-0.39, 0.29) is 0 Å².